The molecule has 8 nitrogen and oxygen atoms in total. The van der Waals surface area contributed by atoms with E-state index >= 15 is 0 Å². The lowest BCUT2D eigenvalue weighted by Crippen LogP contribution is -1.93. The highest BCUT2D eigenvalue weighted by atomic mass is 35.5. The lowest BCUT2D eigenvalue weighted by atomic mass is 10.2. The van der Waals surface area contributed by atoms with E-state index in [4.69, 9.17) is 32.7 Å². The summed E-state index contributed by atoms with van der Waals surface area (Å²) in [5.74, 6) is 0. The third kappa shape index (κ3) is 6.57. The molecule has 2 aromatic rings. The summed E-state index contributed by atoms with van der Waals surface area (Å²) >= 11 is 11.2. The van der Waals surface area contributed by atoms with Gasteiger partial charge in [0.2, 0.25) is 0 Å². The van der Waals surface area contributed by atoms with E-state index in [0.29, 0.717) is 13.2 Å². The topological polar surface area (TPSA) is 105 Å². The Hall–Kier alpha value is -2.26. The van der Waals surface area contributed by atoms with Crippen molar-refractivity contribution in [3.63, 3.8) is 0 Å². The lowest BCUT2D eigenvalue weighted by molar-refractivity contribution is -0.384. The molecule has 0 radical (unpaired) electrons. The van der Waals surface area contributed by atoms with Crippen LogP contribution >= 0.6 is 23.2 Å². The van der Waals surface area contributed by atoms with Crippen LogP contribution in [0.1, 0.15) is 11.1 Å². The highest BCUT2D eigenvalue weighted by Crippen LogP contribution is 2.26. The van der Waals surface area contributed by atoms with Crippen molar-refractivity contribution in [2.45, 2.75) is 13.2 Å². The minimum atomic E-state index is -0.512. The molecule has 26 heavy (non-hydrogen) atoms. The number of hydrogen-bond donors (Lipinski definition) is 0. The van der Waals surface area contributed by atoms with E-state index in [1.165, 1.54) is 38.5 Å². The Morgan fingerprint density at radius 2 is 1.15 bits per heavy atom. The zero-order valence-electron chi connectivity index (χ0n) is 14.0. The van der Waals surface area contributed by atoms with Gasteiger partial charge < -0.3 is 9.47 Å². The van der Waals surface area contributed by atoms with E-state index in [2.05, 4.69) is 0 Å². The third-order valence-electron chi connectivity index (χ3n) is 3.04. The molecule has 2 aromatic carbocycles. The molecule has 0 aliphatic rings. The summed E-state index contributed by atoms with van der Waals surface area (Å²) < 4.78 is 9.67. The first-order valence-electron chi connectivity index (χ1n) is 7.13. The number of hydrogen-bond acceptors (Lipinski definition) is 6. The summed E-state index contributed by atoms with van der Waals surface area (Å²) in [5.41, 5.74) is 1.30. The summed E-state index contributed by atoms with van der Waals surface area (Å²) in [5, 5.41) is 21.2. The van der Waals surface area contributed by atoms with Crippen LogP contribution in [0.25, 0.3) is 0 Å². The lowest BCUT2D eigenvalue weighted by Gasteiger charge is -2.00. The van der Waals surface area contributed by atoms with Crippen LogP contribution in [0.3, 0.4) is 0 Å². The largest absolute Gasteiger partial charge is 0.380 e. The number of nitro benzene ring substituents is 2. The van der Waals surface area contributed by atoms with Crippen LogP contribution < -0.4 is 0 Å². The quantitative estimate of drug-likeness (QED) is 0.507. The van der Waals surface area contributed by atoms with Crippen molar-refractivity contribution in [2.75, 3.05) is 14.2 Å². The van der Waals surface area contributed by atoms with E-state index in [0.717, 1.165) is 11.1 Å². The average molecular weight is 403 g/mol. The van der Waals surface area contributed by atoms with Crippen LogP contribution in [-0.2, 0) is 22.7 Å². The number of nitro groups is 2. The number of ether oxygens (including phenoxy) is 2. The number of rotatable bonds is 6. The van der Waals surface area contributed by atoms with E-state index in [1.54, 1.807) is 12.1 Å². The maximum absolute atomic E-state index is 10.5. The maximum atomic E-state index is 10.5. The van der Waals surface area contributed by atoms with Crippen molar-refractivity contribution < 1.29 is 19.3 Å². The third-order valence-corrected chi connectivity index (χ3v) is 3.68. The Morgan fingerprint density at radius 1 is 0.808 bits per heavy atom. The van der Waals surface area contributed by atoms with Gasteiger partial charge in [0, 0.05) is 26.4 Å². The van der Waals surface area contributed by atoms with Crippen LogP contribution in [-0.4, -0.2) is 24.1 Å². The minimum Gasteiger partial charge on any atom is -0.380 e. The summed E-state index contributed by atoms with van der Waals surface area (Å²) in [6.07, 6.45) is 0. The van der Waals surface area contributed by atoms with Gasteiger partial charge in [0.25, 0.3) is 11.4 Å². The molecule has 0 N–H and O–H groups in total. The second-order valence-corrected chi connectivity index (χ2v) is 5.77. The molecule has 0 amide bonds. The predicted octanol–water partition coefficient (Wildman–Crippen LogP) is 4.79. The van der Waals surface area contributed by atoms with Gasteiger partial charge in [0.05, 0.1) is 23.1 Å². The van der Waals surface area contributed by atoms with E-state index < -0.39 is 9.85 Å². The Balaban J connectivity index is 0.000000260. The molecule has 0 fully saturated rings. The molecule has 0 aliphatic carbocycles. The molecule has 0 unspecified atom stereocenters. The summed E-state index contributed by atoms with van der Waals surface area (Å²) in [4.78, 5) is 19.9. The van der Waals surface area contributed by atoms with E-state index in [1.807, 2.05) is 0 Å². The van der Waals surface area contributed by atoms with Gasteiger partial charge in [-0.25, -0.2) is 0 Å². The number of nitrogens with zero attached hydrogens (tertiary/aromatic N) is 2. The van der Waals surface area contributed by atoms with Gasteiger partial charge >= 0.3 is 0 Å². The second-order valence-electron chi connectivity index (χ2n) is 4.95. The predicted molar refractivity (Wildman–Crippen MR) is 97.6 cm³/mol. The monoisotopic (exact) mass is 402 g/mol. The molecular formula is C16H16Cl2N2O6. The Kier molecular flexibility index (Phi) is 8.94. The van der Waals surface area contributed by atoms with Crippen molar-refractivity contribution in [3.8, 4) is 0 Å². The van der Waals surface area contributed by atoms with Gasteiger partial charge in [-0.3, -0.25) is 20.2 Å². The molecule has 0 spiro atoms. The van der Waals surface area contributed by atoms with Gasteiger partial charge in [0.1, 0.15) is 10.0 Å². The van der Waals surface area contributed by atoms with Crippen LogP contribution in [0.4, 0.5) is 11.4 Å². The van der Waals surface area contributed by atoms with Gasteiger partial charge in [-0.2, -0.15) is 0 Å². The zero-order valence-corrected chi connectivity index (χ0v) is 15.5. The Labute approximate surface area is 159 Å². The number of benzene rings is 2. The van der Waals surface area contributed by atoms with Crippen molar-refractivity contribution in [1.82, 2.24) is 0 Å². The van der Waals surface area contributed by atoms with Gasteiger partial charge in [-0.15, -0.1) is 0 Å². The van der Waals surface area contributed by atoms with Crippen LogP contribution in [0.5, 0.6) is 0 Å². The first-order chi connectivity index (χ1) is 12.3. The summed E-state index contributed by atoms with van der Waals surface area (Å²) in [7, 11) is 3.06. The average Bonchev–Trinajstić information content (AvgIpc) is 2.59. The van der Waals surface area contributed by atoms with Crippen molar-refractivity contribution in [2.24, 2.45) is 0 Å². The number of methoxy groups -OCH3 is 2. The van der Waals surface area contributed by atoms with Gasteiger partial charge in [-0.05, 0) is 23.3 Å². The fraction of sp³-hybridized carbons (Fsp3) is 0.250. The van der Waals surface area contributed by atoms with Crippen LogP contribution in [0.2, 0.25) is 10.0 Å². The molecular weight excluding hydrogens is 387 g/mol. The molecule has 0 saturated heterocycles. The second kappa shape index (κ2) is 10.7. The van der Waals surface area contributed by atoms with Crippen LogP contribution in [0.15, 0.2) is 36.4 Å². The zero-order chi connectivity index (χ0) is 19.7. The summed E-state index contributed by atoms with van der Waals surface area (Å²) in [6.45, 7) is 0.690. The standard InChI is InChI=1S/2C8H8ClNO3/c2*1-13-5-6-2-3-7(9)8(4-6)10(11)12/h2*2-4H,5H2,1H3. The maximum Gasteiger partial charge on any atom is 0.288 e. The summed E-state index contributed by atoms with van der Waals surface area (Å²) in [6, 6.07) is 9.19. The first kappa shape index (κ1) is 21.8. The molecule has 0 heterocycles. The SMILES string of the molecule is COCc1ccc(Cl)c([N+](=O)[O-])c1.COCc1ccc(Cl)c([N+](=O)[O-])c1. The normalized spacial score (nSPS) is 10.0. The van der Waals surface area contributed by atoms with Gasteiger partial charge in [0.15, 0.2) is 0 Å². The highest BCUT2D eigenvalue weighted by molar-refractivity contribution is 6.32. The molecule has 0 aliphatic heterocycles. The molecule has 0 atom stereocenters. The Bertz CT molecular complexity index is 720. The fourth-order valence-corrected chi connectivity index (χ4v) is 2.28. The first-order valence-corrected chi connectivity index (χ1v) is 7.89. The minimum absolute atomic E-state index is 0.0868. The smallest absolute Gasteiger partial charge is 0.288 e. The molecule has 0 aromatic heterocycles. The van der Waals surface area contributed by atoms with E-state index in [9.17, 15) is 20.2 Å². The van der Waals surface area contributed by atoms with Crippen molar-refractivity contribution in [1.29, 1.82) is 0 Å². The molecule has 140 valence electrons. The Morgan fingerprint density at radius 3 is 1.42 bits per heavy atom. The van der Waals surface area contributed by atoms with Crippen molar-refractivity contribution in [3.05, 3.63) is 77.8 Å². The molecule has 0 saturated carbocycles. The van der Waals surface area contributed by atoms with Gasteiger partial charge in [-0.1, -0.05) is 35.3 Å². The van der Waals surface area contributed by atoms with E-state index in [-0.39, 0.29) is 21.4 Å². The number of halogens is 2. The molecule has 0 bridgehead atoms. The fourth-order valence-electron chi connectivity index (χ4n) is 1.91. The molecule has 10 heteroatoms. The van der Waals surface area contributed by atoms with Crippen LogP contribution in [0, 0.1) is 20.2 Å². The highest BCUT2D eigenvalue weighted by Gasteiger charge is 2.12. The molecule has 2 rings (SSSR count). The van der Waals surface area contributed by atoms with Crippen molar-refractivity contribution >= 4 is 34.6 Å².